The molecule has 0 aromatic heterocycles. The molecule has 5 fully saturated rings. The second kappa shape index (κ2) is 7.82. The van der Waals surface area contributed by atoms with Crippen LogP contribution in [0.25, 0.3) is 0 Å². The zero-order chi connectivity index (χ0) is 20.9. The number of benzene rings is 1. The van der Waals surface area contributed by atoms with Gasteiger partial charge in [-0.1, -0.05) is 18.2 Å². The Bertz CT molecular complexity index is 859. The fraction of sp³-hybridized carbons (Fsp3) is 0.696. The van der Waals surface area contributed by atoms with E-state index in [0.29, 0.717) is 35.8 Å². The van der Waals surface area contributed by atoms with Gasteiger partial charge in [0.25, 0.3) is 0 Å². The number of sulfonamides is 1. The summed E-state index contributed by atoms with van der Waals surface area (Å²) in [7, 11) is -3.48. The van der Waals surface area contributed by atoms with E-state index in [9.17, 15) is 13.2 Å². The average Bonchev–Trinajstić information content (AvgIpc) is 2.72. The van der Waals surface area contributed by atoms with Crippen LogP contribution in [0.4, 0.5) is 0 Å². The maximum absolute atomic E-state index is 13.2. The van der Waals surface area contributed by atoms with E-state index in [1.54, 1.807) is 24.3 Å². The Morgan fingerprint density at radius 3 is 2.03 bits per heavy atom. The fourth-order valence-electron chi connectivity index (χ4n) is 6.75. The number of carbonyl (C=O) groups excluding carboxylic acids is 1. The summed E-state index contributed by atoms with van der Waals surface area (Å²) in [5.41, 5.74) is 0. The molecule has 164 valence electrons. The Balaban J connectivity index is 1.19. The molecule has 5 nitrogen and oxygen atoms in total. The van der Waals surface area contributed by atoms with Crippen molar-refractivity contribution in [2.45, 2.75) is 60.3 Å². The lowest BCUT2D eigenvalue weighted by atomic mass is 9.56. The van der Waals surface area contributed by atoms with Gasteiger partial charge in [0.1, 0.15) is 0 Å². The Kier molecular flexibility index (Phi) is 5.43. The van der Waals surface area contributed by atoms with Gasteiger partial charge in [0, 0.05) is 30.9 Å². The molecule has 1 aliphatic heterocycles. The summed E-state index contributed by atoms with van der Waals surface area (Å²) < 4.78 is 27.5. The maximum Gasteiger partial charge on any atom is 0.243 e. The molecule has 4 aliphatic carbocycles. The molecule has 1 aromatic carbocycles. The number of thioether (sulfide) groups is 1. The molecule has 1 saturated heterocycles. The van der Waals surface area contributed by atoms with Gasteiger partial charge >= 0.3 is 0 Å². The van der Waals surface area contributed by atoms with Gasteiger partial charge in [0.05, 0.1) is 10.1 Å². The van der Waals surface area contributed by atoms with Crippen LogP contribution >= 0.6 is 11.8 Å². The lowest BCUT2D eigenvalue weighted by Crippen LogP contribution is -2.53. The van der Waals surface area contributed by atoms with Crippen molar-refractivity contribution in [2.24, 2.45) is 17.8 Å². The molecule has 1 aromatic rings. The highest BCUT2D eigenvalue weighted by Gasteiger charge is 2.52. The van der Waals surface area contributed by atoms with Crippen molar-refractivity contribution in [3.8, 4) is 0 Å². The summed E-state index contributed by atoms with van der Waals surface area (Å²) in [6.07, 6.45) is 8.14. The van der Waals surface area contributed by atoms with E-state index in [1.165, 1.54) is 42.8 Å². The Morgan fingerprint density at radius 2 is 1.50 bits per heavy atom. The number of carbonyl (C=O) groups is 1. The van der Waals surface area contributed by atoms with Gasteiger partial charge < -0.3 is 4.90 Å². The van der Waals surface area contributed by atoms with Crippen molar-refractivity contribution in [1.82, 2.24) is 9.21 Å². The molecular formula is C23H32N2O3S2. The van der Waals surface area contributed by atoms with E-state index in [-0.39, 0.29) is 11.2 Å². The van der Waals surface area contributed by atoms with E-state index >= 15 is 0 Å². The molecule has 7 heteroatoms. The molecule has 0 N–H and O–H groups in total. The summed E-state index contributed by atoms with van der Waals surface area (Å²) in [5.74, 6) is 2.85. The minimum absolute atomic E-state index is 0.0430. The molecule has 4 bridgehead atoms. The van der Waals surface area contributed by atoms with Crippen LogP contribution in [0.3, 0.4) is 0 Å². The largest absolute Gasteiger partial charge is 0.339 e. The quantitative estimate of drug-likeness (QED) is 0.691. The van der Waals surface area contributed by atoms with Gasteiger partial charge in [0.15, 0.2) is 0 Å². The highest BCUT2D eigenvalue weighted by atomic mass is 32.2. The topological polar surface area (TPSA) is 57.7 Å². The van der Waals surface area contributed by atoms with E-state index in [2.05, 4.69) is 6.92 Å². The average molecular weight is 449 g/mol. The number of amides is 1. The molecule has 4 saturated carbocycles. The van der Waals surface area contributed by atoms with Crippen LogP contribution in [0.1, 0.15) is 45.4 Å². The smallest absolute Gasteiger partial charge is 0.243 e. The van der Waals surface area contributed by atoms with Gasteiger partial charge in [-0.3, -0.25) is 4.79 Å². The van der Waals surface area contributed by atoms with Gasteiger partial charge in [0.2, 0.25) is 15.9 Å². The van der Waals surface area contributed by atoms with Crippen LogP contribution < -0.4 is 0 Å². The highest BCUT2D eigenvalue weighted by Crippen LogP contribution is 2.61. The SMILES string of the molecule is C[C@@H](SC12CC3CC(CC(C3)C1)C2)C(=O)N1CCN(S(=O)(=O)c2ccccc2)CC1. The Labute approximate surface area is 184 Å². The van der Waals surface area contributed by atoms with E-state index in [0.717, 1.165) is 17.8 Å². The van der Waals surface area contributed by atoms with Gasteiger partial charge in [-0.15, -0.1) is 11.8 Å². The first-order valence-corrected chi connectivity index (χ1v) is 13.7. The van der Waals surface area contributed by atoms with Gasteiger partial charge in [-0.2, -0.15) is 4.31 Å². The third-order valence-corrected chi connectivity index (χ3v) is 11.2. The Hall–Kier alpha value is -1.05. The molecule has 1 atom stereocenters. The third kappa shape index (κ3) is 3.82. The van der Waals surface area contributed by atoms with Crippen LogP contribution in [-0.2, 0) is 14.8 Å². The predicted octanol–water partition coefficient (Wildman–Crippen LogP) is 3.61. The van der Waals surface area contributed by atoms with Crippen molar-refractivity contribution in [3.63, 3.8) is 0 Å². The molecule has 0 unspecified atom stereocenters. The number of hydrogen-bond donors (Lipinski definition) is 0. The molecule has 30 heavy (non-hydrogen) atoms. The van der Waals surface area contributed by atoms with Crippen molar-refractivity contribution < 1.29 is 13.2 Å². The standard InChI is InChI=1S/C23H32N2O3S2/c1-17(29-23-14-18-11-19(15-23)13-20(12-18)16-23)22(26)24-7-9-25(10-8-24)30(27,28)21-5-3-2-4-6-21/h2-6,17-20H,7-16H2,1H3/t17-,18?,19?,20?,23?/m1/s1. The monoisotopic (exact) mass is 448 g/mol. The summed E-state index contributed by atoms with van der Waals surface area (Å²) in [4.78, 5) is 15.4. The summed E-state index contributed by atoms with van der Waals surface area (Å²) in [6.45, 7) is 3.78. The van der Waals surface area contributed by atoms with Gasteiger partial charge in [-0.05, 0) is 75.3 Å². The van der Waals surface area contributed by atoms with E-state index < -0.39 is 10.0 Å². The first-order chi connectivity index (χ1) is 14.3. The number of nitrogens with zero attached hydrogens (tertiary/aromatic N) is 2. The van der Waals surface area contributed by atoms with Crippen LogP contribution in [0, 0.1) is 17.8 Å². The third-order valence-electron chi connectivity index (χ3n) is 7.69. The summed E-state index contributed by atoms with van der Waals surface area (Å²) in [5, 5.41) is -0.0430. The molecular weight excluding hydrogens is 416 g/mol. The number of hydrogen-bond acceptors (Lipinski definition) is 4. The van der Waals surface area contributed by atoms with Crippen molar-refractivity contribution in [2.75, 3.05) is 26.2 Å². The van der Waals surface area contributed by atoms with E-state index in [1.807, 2.05) is 22.7 Å². The van der Waals surface area contributed by atoms with Gasteiger partial charge in [-0.25, -0.2) is 8.42 Å². The zero-order valence-electron chi connectivity index (χ0n) is 17.7. The van der Waals surface area contributed by atoms with Crippen LogP contribution in [0.5, 0.6) is 0 Å². The second-order valence-electron chi connectivity index (χ2n) is 9.90. The number of piperazine rings is 1. The highest BCUT2D eigenvalue weighted by molar-refractivity contribution is 8.01. The Morgan fingerprint density at radius 1 is 0.967 bits per heavy atom. The zero-order valence-corrected chi connectivity index (χ0v) is 19.3. The first-order valence-electron chi connectivity index (χ1n) is 11.4. The van der Waals surface area contributed by atoms with Crippen LogP contribution in [0.15, 0.2) is 35.2 Å². The molecule has 1 amide bonds. The maximum atomic E-state index is 13.2. The molecule has 0 radical (unpaired) electrons. The minimum atomic E-state index is -3.48. The van der Waals surface area contributed by atoms with E-state index in [4.69, 9.17) is 0 Å². The minimum Gasteiger partial charge on any atom is -0.339 e. The summed E-state index contributed by atoms with van der Waals surface area (Å²) in [6, 6.07) is 8.58. The fourth-order valence-corrected chi connectivity index (χ4v) is 10.2. The molecule has 1 heterocycles. The first kappa shape index (κ1) is 20.8. The normalized spacial score (nSPS) is 34.8. The lowest BCUT2D eigenvalue weighted by Gasteiger charge is -2.57. The van der Waals surface area contributed by atoms with Crippen molar-refractivity contribution in [1.29, 1.82) is 0 Å². The molecule has 6 rings (SSSR count). The van der Waals surface area contributed by atoms with Crippen LogP contribution in [0.2, 0.25) is 0 Å². The number of rotatable bonds is 5. The van der Waals surface area contributed by atoms with Crippen molar-refractivity contribution >= 4 is 27.7 Å². The summed E-state index contributed by atoms with van der Waals surface area (Å²) >= 11 is 1.94. The molecule has 5 aliphatic rings. The second-order valence-corrected chi connectivity index (χ2v) is 13.6. The lowest BCUT2D eigenvalue weighted by molar-refractivity contribution is -0.131. The predicted molar refractivity (Wildman–Crippen MR) is 120 cm³/mol. The molecule has 0 spiro atoms. The van der Waals surface area contributed by atoms with Crippen molar-refractivity contribution in [3.05, 3.63) is 30.3 Å². The van der Waals surface area contributed by atoms with Crippen LogP contribution in [-0.4, -0.2) is 59.7 Å².